The highest BCUT2D eigenvalue weighted by Gasteiger charge is 2.23. The summed E-state index contributed by atoms with van der Waals surface area (Å²) < 4.78 is 0. The zero-order valence-corrected chi connectivity index (χ0v) is 14.2. The first-order valence-electron chi connectivity index (χ1n) is 7.17. The molecule has 2 unspecified atom stereocenters. The lowest BCUT2D eigenvalue weighted by molar-refractivity contribution is -0.129. The van der Waals surface area contributed by atoms with E-state index in [1.807, 2.05) is 41.5 Å². The Morgan fingerprint density at radius 1 is 0.900 bits per heavy atom. The summed E-state index contributed by atoms with van der Waals surface area (Å²) in [6, 6.07) is -0.873. The second-order valence-electron chi connectivity index (χ2n) is 7.62. The van der Waals surface area contributed by atoms with Gasteiger partial charge in [0.05, 0.1) is 6.04 Å². The molecular weight excluding hydrogens is 254 g/mol. The molecule has 5 nitrogen and oxygen atoms in total. The van der Waals surface area contributed by atoms with Gasteiger partial charge < -0.3 is 16.0 Å². The van der Waals surface area contributed by atoms with Crippen LogP contribution in [0.3, 0.4) is 0 Å². The molecule has 0 aliphatic rings. The van der Waals surface area contributed by atoms with Crippen LogP contribution in [-0.2, 0) is 9.59 Å². The molecule has 0 bridgehead atoms. The Labute approximate surface area is 123 Å². The van der Waals surface area contributed by atoms with Gasteiger partial charge in [0.1, 0.15) is 6.04 Å². The van der Waals surface area contributed by atoms with Crippen molar-refractivity contribution in [2.75, 3.05) is 6.54 Å². The van der Waals surface area contributed by atoms with Crippen LogP contribution >= 0.6 is 0 Å². The maximum absolute atomic E-state index is 12.0. The number of hydrogen-bond acceptors (Lipinski definition) is 3. The summed E-state index contributed by atoms with van der Waals surface area (Å²) in [7, 11) is 0. The van der Waals surface area contributed by atoms with Crippen LogP contribution in [0.1, 0.15) is 55.4 Å². The highest BCUT2D eigenvalue weighted by molar-refractivity contribution is 5.89. The van der Waals surface area contributed by atoms with E-state index in [1.54, 1.807) is 13.8 Å². The monoisotopic (exact) mass is 285 g/mol. The summed E-state index contributed by atoms with van der Waals surface area (Å²) in [6.45, 7) is 16.2. The van der Waals surface area contributed by atoms with Gasteiger partial charge in [-0.1, -0.05) is 20.8 Å². The minimum absolute atomic E-state index is 0.0282. The fourth-order valence-electron chi connectivity index (χ4n) is 1.62. The van der Waals surface area contributed by atoms with E-state index in [2.05, 4.69) is 16.0 Å². The van der Waals surface area contributed by atoms with Gasteiger partial charge in [0.15, 0.2) is 0 Å². The summed E-state index contributed by atoms with van der Waals surface area (Å²) in [4.78, 5) is 23.9. The Kier molecular flexibility index (Phi) is 6.68. The van der Waals surface area contributed by atoms with Crippen molar-refractivity contribution < 1.29 is 9.59 Å². The van der Waals surface area contributed by atoms with E-state index in [4.69, 9.17) is 0 Å². The van der Waals surface area contributed by atoms with E-state index in [0.29, 0.717) is 6.54 Å². The molecule has 0 rings (SSSR count). The Bertz CT molecular complexity index is 340. The molecule has 0 aromatic heterocycles. The lowest BCUT2D eigenvalue weighted by atomic mass is 9.97. The average Bonchev–Trinajstić information content (AvgIpc) is 2.22. The van der Waals surface area contributed by atoms with Crippen LogP contribution in [0.15, 0.2) is 0 Å². The van der Waals surface area contributed by atoms with Gasteiger partial charge >= 0.3 is 0 Å². The maximum atomic E-state index is 12.0. The van der Waals surface area contributed by atoms with Crippen LogP contribution < -0.4 is 16.0 Å². The van der Waals surface area contributed by atoms with Gasteiger partial charge in [-0.05, 0) is 40.0 Å². The summed E-state index contributed by atoms with van der Waals surface area (Å²) in [5.74, 6) is -0.324. The predicted octanol–water partition coefficient (Wildman–Crippen LogP) is 1.43. The van der Waals surface area contributed by atoms with Gasteiger partial charge in [-0.3, -0.25) is 9.59 Å². The van der Waals surface area contributed by atoms with E-state index in [1.165, 1.54) is 0 Å². The van der Waals surface area contributed by atoms with E-state index < -0.39 is 6.04 Å². The lowest BCUT2D eigenvalue weighted by Crippen LogP contribution is -2.54. The van der Waals surface area contributed by atoms with E-state index >= 15 is 0 Å². The number of rotatable bonds is 5. The standard InChI is InChI=1S/C15H31N3O2/c1-10(12(19)16-9-14(3,4)5)17-13(20)11(2)18-15(6,7)8/h10-11,18H,9H2,1-8H3,(H,16,19)(H,17,20). The van der Waals surface area contributed by atoms with Crippen LogP contribution in [0.2, 0.25) is 0 Å². The minimum atomic E-state index is -0.533. The zero-order valence-electron chi connectivity index (χ0n) is 14.2. The second kappa shape index (κ2) is 7.07. The van der Waals surface area contributed by atoms with Crippen LogP contribution in [0.5, 0.6) is 0 Å². The van der Waals surface area contributed by atoms with Crippen molar-refractivity contribution >= 4 is 11.8 Å². The summed E-state index contributed by atoms with van der Waals surface area (Å²) in [6.07, 6.45) is 0. The molecule has 0 spiro atoms. The third-order valence-corrected chi connectivity index (χ3v) is 2.59. The van der Waals surface area contributed by atoms with Gasteiger partial charge in [-0.2, -0.15) is 0 Å². The smallest absolute Gasteiger partial charge is 0.242 e. The number of hydrogen-bond donors (Lipinski definition) is 3. The Hall–Kier alpha value is -1.10. The molecule has 5 heteroatoms. The molecular formula is C15H31N3O2. The van der Waals surface area contributed by atoms with Gasteiger partial charge in [0.25, 0.3) is 0 Å². The van der Waals surface area contributed by atoms with Crippen molar-refractivity contribution in [1.82, 2.24) is 16.0 Å². The van der Waals surface area contributed by atoms with Gasteiger partial charge in [0, 0.05) is 12.1 Å². The molecule has 0 fully saturated rings. The van der Waals surface area contributed by atoms with Crippen molar-refractivity contribution in [2.24, 2.45) is 5.41 Å². The molecule has 0 heterocycles. The minimum Gasteiger partial charge on any atom is -0.354 e. The van der Waals surface area contributed by atoms with E-state index in [-0.39, 0.29) is 28.8 Å². The molecule has 0 radical (unpaired) electrons. The van der Waals surface area contributed by atoms with Crippen molar-refractivity contribution in [3.8, 4) is 0 Å². The third-order valence-electron chi connectivity index (χ3n) is 2.59. The fourth-order valence-corrected chi connectivity index (χ4v) is 1.62. The lowest BCUT2D eigenvalue weighted by Gasteiger charge is -2.26. The highest BCUT2D eigenvalue weighted by Crippen LogP contribution is 2.10. The number of nitrogens with one attached hydrogen (secondary N) is 3. The third kappa shape index (κ3) is 8.91. The van der Waals surface area contributed by atoms with Crippen molar-refractivity contribution in [3.05, 3.63) is 0 Å². The van der Waals surface area contributed by atoms with E-state index in [9.17, 15) is 9.59 Å². The molecule has 0 aromatic rings. The Morgan fingerprint density at radius 2 is 1.40 bits per heavy atom. The highest BCUT2D eigenvalue weighted by atomic mass is 16.2. The normalized spacial score (nSPS) is 15.4. The van der Waals surface area contributed by atoms with Gasteiger partial charge in [-0.25, -0.2) is 0 Å². The number of amides is 2. The van der Waals surface area contributed by atoms with Crippen LogP contribution in [0.4, 0.5) is 0 Å². The molecule has 0 aliphatic heterocycles. The van der Waals surface area contributed by atoms with Crippen molar-refractivity contribution in [3.63, 3.8) is 0 Å². The Balaban J connectivity index is 4.28. The second-order valence-corrected chi connectivity index (χ2v) is 7.62. The van der Waals surface area contributed by atoms with Gasteiger partial charge in [0.2, 0.25) is 11.8 Å². The Morgan fingerprint density at radius 3 is 1.80 bits per heavy atom. The fraction of sp³-hybridized carbons (Fsp3) is 0.867. The molecule has 20 heavy (non-hydrogen) atoms. The predicted molar refractivity (Wildman–Crippen MR) is 82.4 cm³/mol. The van der Waals surface area contributed by atoms with Gasteiger partial charge in [-0.15, -0.1) is 0 Å². The first-order valence-corrected chi connectivity index (χ1v) is 7.17. The summed E-state index contributed by atoms with van der Waals surface area (Å²) in [5, 5.41) is 8.74. The summed E-state index contributed by atoms with van der Waals surface area (Å²) >= 11 is 0. The molecule has 118 valence electrons. The topological polar surface area (TPSA) is 70.2 Å². The quantitative estimate of drug-likeness (QED) is 0.715. The maximum Gasteiger partial charge on any atom is 0.242 e. The molecule has 2 amide bonds. The molecule has 0 saturated heterocycles. The molecule has 2 atom stereocenters. The van der Waals surface area contributed by atoms with Crippen LogP contribution in [-0.4, -0.2) is 36.0 Å². The summed E-state index contributed by atoms with van der Waals surface area (Å²) in [5.41, 5.74) is -0.116. The molecule has 0 saturated carbocycles. The van der Waals surface area contributed by atoms with Crippen molar-refractivity contribution in [2.45, 2.75) is 73.0 Å². The van der Waals surface area contributed by atoms with Crippen LogP contribution in [0, 0.1) is 5.41 Å². The average molecular weight is 285 g/mol. The largest absolute Gasteiger partial charge is 0.354 e. The first-order chi connectivity index (χ1) is 8.82. The zero-order chi connectivity index (χ0) is 16.1. The molecule has 0 aromatic carbocycles. The van der Waals surface area contributed by atoms with Crippen molar-refractivity contribution in [1.29, 1.82) is 0 Å². The SMILES string of the molecule is CC(NC(=O)C(C)NC(C)(C)C)C(=O)NCC(C)(C)C. The first kappa shape index (κ1) is 18.9. The van der Waals surface area contributed by atoms with E-state index in [0.717, 1.165) is 0 Å². The number of carbonyl (C=O) groups is 2. The number of carbonyl (C=O) groups excluding carboxylic acids is 2. The molecule has 0 aliphatic carbocycles. The molecule has 3 N–H and O–H groups in total. The van der Waals surface area contributed by atoms with Crippen LogP contribution in [0.25, 0.3) is 0 Å².